The minimum absolute atomic E-state index is 0.0448. The lowest BCUT2D eigenvalue weighted by Crippen LogP contribution is -2.39. The summed E-state index contributed by atoms with van der Waals surface area (Å²) in [6.45, 7) is 0.303. The van der Waals surface area contributed by atoms with Crippen LogP contribution in [0, 0.1) is 17.8 Å². The topological polar surface area (TPSA) is 118 Å². The largest absolute Gasteiger partial charge is 0.507 e. The number of rotatable bonds is 8. The van der Waals surface area contributed by atoms with Crippen molar-refractivity contribution >= 4 is 23.6 Å². The number of hydrogen-bond donors (Lipinski definition) is 4. The lowest BCUT2D eigenvalue weighted by atomic mass is 9.68. The van der Waals surface area contributed by atoms with E-state index in [2.05, 4.69) is 0 Å². The number of aliphatic hydroxyl groups excluding tert-OH is 3. The maximum Gasteiger partial charge on any atom is 0.416 e. The molecule has 2 aliphatic rings. The average Bonchev–Trinajstić information content (AvgIpc) is 3.19. The summed E-state index contributed by atoms with van der Waals surface area (Å²) in [6, 6.07) is 7.01. The number of hydrogen-bond acceptors (Lipinski definition) is 6. The summed E-state index contributed by atoms with van der Waals surface area (Å²) in [7, 11) is 0. The molecule has 2 aromatic rings. The molecule has 0 aromatic heterocycles. The van der Waals surface area contributed by atoms with Gasteiger partial charge in [-0.2, -0.15) is 26.3 Å². The van der Waals surface area contributed by atoms with Gasteiger partial charge in [-0.1, -0.05) is 29.8 Å². The number of carbonyl (C=O) groups is 2. The van der Waals surface area contributed by atoms with Crippen LogP contribution in [0.2, 0.25) is 0 Å². The molecule has 4 rings (SSSR count). The van der Waals surface area contributed by atoms with Gasteiger partial charge in [0.05, 0.1) is 48.0 Å². The molecule has 7 nitrogen and oxygen atoms in total. The molecular weight excluding hydrogens is 584 g/mol. The Morgan fingerprint density at radius 2 is 1.60 bits per heavy atom. The molecule has 2 amide bonds. The van der Waals surface area contributed by atoms with Gasteiger partial charge in [0.25, 0.3) is 0 Å². The minimum Gasteiger partial charge on any atom is -0.507 e. The highest BCUT2D eigenvalue weighted by Crippen LogP contribution is 2.48. The Morgan fingerprint density at radius 3 is 2.14 bits per heavy atom. The molecule has 43 heavy (non-hydrogen) atoms. The van der Waals surface area contributed by atoms with E-state index in [-0.39, 0.29) is 59.3 Å². The zero-order chi connectivity index (χ0) is 31.9. The second-order valence-electron chi connectivity index (χ2n) is 10.7. The summed E-state index contributed by atoms with van der Waals surface area (Å²) in [6.07, 6.45) is -9.98. The van der Waals surface area contributed by atoms with Crippen molar-refractivity contribution in [1.29, 1.82) is 0 Å². The number of alkyl halides is 6. The fourth-order valence-electron chi connectivity index (χ4n) is 5.89. The van der Waals surface area contributed by atoms with Crippen LogP contribution in [0.4, 0.5) is 32.0 Å². The highest BCUT2D eigenvalue weighted by Gasteiger charge is 2.55. The van der Waals surface area contributed by atoms with Crippen molar-refractivity contribution in [3.05, 3.63) is 75.9 Å². The molecular formula is C30H29F6NO6. The predicted molar refractivity (Wildman–Crippen MR) is 142 cm³/mol. The normalized spacial score (nSPS) is 22.3. The van der Waals surface area contributed by atoms with Crippen LogP contribution in [0.3, 0.4) is 0 Å². The lowest BCUT2D eigenvalue weighted by molar-refractivity contribution is -0.143. The molecule has 1 aliphatic carbocycles. The molecule has 2 aromatic carbocycles. The van der Waals surface area contributed by atoms with E-state index >= 15 is 0 Å². The molecule has 4 atom stereocenters. The SMILES string of the molecule is C/C(=C\c1ccccc1O)CC[C@@H](O)C1=C(CO)C[C@H]2C(=O)N(c3cc(C(F)(F)F)cc(C(F)(F)F)c3)C(=O)[C@H]2[C@H]1CO. The molecule has 1 aliphatic heterocycles. The van der Waals surface area contributed by atoms with E-state index in [1.807, 2.05) is 0 Å². The van der Waals surface area contributed by atoms with E-state index in [9.17, 15) is 56.4 Å². The molecule has 232 valence electrons. The zero-order valence-corrected chi connectivity index (χ0v) is 22.8. The van der Waals surface area contributed by atoms with Crippen LogP contribution >= 0.6 is 0 Å². The molecule has 1 fully saturated rings. The van der Waals surface area contributed by atoms with Gasteiger partial charge >= 0.3 is 12.4 Å². The van der Waals surface area contributed by atoms with Crippen molar-refractivity contribution in [2.75, 3.05) is 18.1 Å². The van der Waals surface area contributed by atoms with Crippen LogP contribution in [-0.2, 0) is 21.9 Å². The Labute approximate surface area is 242 Å². The number of amides is 2. The smallest absolute Gasteiger partial charge is 0.416 e. The number of anilines is 1. The number of aliphatic hydroxyl groups is 3. The summed E-state index contributed by atoms with van der Waals surface area (Å²) < 4.78 is 80.8. The van der Waals surface area contributed by atoms with Gasteiger partial charge in [0.1, 0.15) is 5.75 Å². The van der Waals surface area contributed by atoms with Crippen LogP contribution in [0.15, 0.2) is 59.2 Å². The van der Waals surface area contributed by atoms with Gasteiger partial charge in [-0.3, -0.25) is 9.59 Å². The number of halogens is 6. The van der Waals surface area contributed by atoms with E-state index < -0.39 is 78.1 Å². The van der Waals surface area contributed by atoms with Crippen molar-refractivity contribution in [2.24, 2.45) is 17.8 Å². The van der Waals surface area contributed by atoms with E-state index in [1.54, 1.807) is 31.2 Å². The summed E-state index contributed by atoms with van der Waals surface area (Å²) in [4.78, 5) is 27.2. The van der Waals surface area contributed by atoms with Gasteiger partial charge in [0, 0.05) is 11.5 Å². The third-order valence-electron chi connectivity index (χ3n) is 7.91. The highest BCUT2D eigenvalue weighted by molar-refractivity contribution is 6.22. The Morgan fingerprint density at radius 1 is 1.00 bits per heavy atom. The Balaban J connectivity index is 1.65. The number of phenolic OH excluding ortho intramolecular Hbond substituents is 1. The van der Waals surface area contributed by atoms with Crippen LogP contribution in [0.5, 0.6) is 5.75 Å². The van der Waals surface area contributed by atoms with Crippen molar-refractivity contribution < 1.29 is 56.4 Å². The summed E-state index contributed by atoms with van der Waals surface area (Å²) in [5.74, 6) is -6.04. The fourth-order valence-corrected chi connectivity index (χ4v) is 5.89. The summed E-state index contributed by atoms with van der Waals surface area (Å²) >= 11 is 0. The average molecular weight is 614 g/mol. The lowest BCUT2D eigenvalue weighted by Gasteiger charge is -2.36. The summed E-state index contributed by atoms with van der Waals surface area (Å²) in [5, 5.41) is 41.5. The van der Waals surface area contributed by atoms with E-state index in [4.69, 9.17) is 0 Å². The van der Waals surface area contributed by atoms with E-state index in [1.165, 1.54) is 6.07 Å². The molecule has 0 saturated carbocycles. The maximum atomic E-state index is 13.5. The fraction of sp³-hybridized carbons (Fsp3) is 0.400. The van der Waals surface area contributed by atoms with E-state index in [0.29, 0.717) is 5.56 Å². The molecule has 4 N–H and O–H groups in total. The second-order valence-corrected chi connectivity index (χ2v) is 10.7. The first-order valence-electron chi connectivity index (χ1n) is 13.3. The number of aromatic hydroxyl groups is 1. The molecule has 0 bridgehead atoms. The quantitative estimate of drug-likeness (QED) is 0.187. The zero-order valence-electron chi connectivity index (χ0n) is 22.8. The summed E-state index contributed by atoms with van der Waals surface area (Å²) in [5.41, 5.74) is -2.78. The van der Waals surface area contributed by atoms with Gasteiger partial charge in [-0.15, -0.1) is 0 Å². The van der Waals surface area contributed by atoms with Gasteiger partial charge in [0.2, 0.25) is 11.8 Å². The second kappa shape index (κ2) is 12.1. The Bertz CT molecular complexity index is 1430. The molecule has 1 heterocycles. The number of imide groups is 1. The molecule has 0 unspecified atom stereocenters. The van der Waals surface area contributed by atoms with Crippen molar-refractivity contribution in [3.8, 4) is 5.75 Å². The van der Waals surface area contributed by atoms with Crippen LogP contribution in [0.1, 0.15) is 42.9 Å². The van der Waals surface area contributed by atoms with Crippen LogP contribution in [-0.4, -0.2) is 51.6 Å². The highest BCUT2D eigenvalue weighted by atomic mass is 19.4. The number of fused-ring (bicyclic) bond motifs is 1. The number of nitrogens with zero attached hydrogens (tertiary/aromatic N) is 1. The van der Waals surface area contributed by atoms with Crippen molar-refractivity contribution in [1.82, 2.24) is 0 Å². The Kier molecular flexibility index (Phi) is 9.10. The van der Waals surface area contributed by atoms with Crippen molar-refractivity contribution in [2.45, 2.75) is 44.6 Å². The minimum atomic E-state index is -5.21. The molecule has 13 heteroatoms. The number of allylic oxidation sites excluding steroid dienone is 1. The standard InChI is InChI=1S/C30H29F6NO6/c1-15(8-16-4-2-3-5-23(16)40)6-7-24(41)25-17(13-38)9-21-26(22(25)14-39)28(43)37(27(21)42)20-11-18(29(31,32)33)10-19(12-20)30(34,35)36/h2-5,8,10-12,21-22,24,26,38-41H,6-7,9,13-14H2,1H3/b15-8+/t21-,22+,24-,26-/m1/s1. The number of para-hydroxylation sites is 1. The monoisotopic (exact) mass is 613 g/mol. The van der Waals surface area contributed by atoms with Gasteiger partial charge < -0.3 is 20.4 Å². The number of phenols is 1. The molecule has 1 saturated heterocycles. The third kappa shape index (κ3) is 6.48. The van der Waals surface area contributed by atoms with Gasteiger partial charge in [-0.05, 0) is 61.6 Å². The van der Waals surface area contributed by atoms with Crippen LogP contribution in [0.25, 0.3) is 6.08 Å². The first-order valence-corrected chi connectivity index (χ1v) is 13.3. The predicted octanol–water partition coefficient (Wildman–Crippen LogP) is 5.08. The molecule has 0 radical (unpaired) electrons. The van der Waals surface area contributed by atoms with E-state index in [0.717, 1.165) is 5.57 Å². The molecule has 0 spiro atoms. The van der Waals surface area contributed by atoms with Crippen LogP contribution < -0.4 is 4.90 Å². The maximum absolute atomic E-state index is 13.5. The first kappa shape index (κ1) is 32.2. The first-order chi connectivity index (χ1) is 20.1. The van der Waals surface area contributed by atoms with Gasteiger partial charge in [0.15, 0.2) is 0 Å². The Hall–Kier alpha value is -3.68. The number of benzene rings is 2. The van der Waals surface area contributed by atoms with Gasteiger partial charge in [-0.25, -0.2) is 4.90 Å². The van der Waals surface area contributed by atoms with Crippen molar-refractivity contribution in [3.63, 3.8) is 0 Å². The number of carbonyl (C=O) groups excluding carboxylic acids is 2. The third-order valence-corrected chi connectivity index (χ3v) is 7.91.